The minimum absolute atomic E-state index is 0.0356. The lowest BCUT2D eigenvalue weighted by atomic mass is 10.1. The number of carbonyl (C=O) groups excluding carboxylic acids is 1. The molecule has 0 spiro atoms. The number of para-hydroxylation sites is 1. The maximum Gasteiger partial charge on any atom is 0.387 e. The number of halogens is 2. The predicted molar refractivity (Wildman–Crippen MR) is 89.7 cm³/mol. The third-order valence-corrected chi connectivity index (χ3v) is 3.50. The van der Waals surface area contributed by atoms with Gasteiger partial charge in [0.2, 0.25) is 0 Å². The molecule has 7 heteroatoms. The van der Waals surface area contributed by atoms with Gasteiger partial charge in [-0.3, -0.25) is 9.48 Å². The highest BCUT2D eigenvalue weighted by Gasteiger charge is 2.15. The van der Waals surface area contributed by atoms with E-state index in [0.29, 0.717) is 22.6 Å². The number of aryl methyl sites for hydroxylation is 1. The lowest BCUT2D eigenvalue weighted by Gasteiger charge is -2.05. The van der Waals surface area contributed by atoms with Gasteiger partial charge in [-0.05, 0) is 30.3 Å². The molecule has 0 saturated heterocycles. The Hall–Kier alpha value is -3.22. The van der Waals surface area contributed by atoms with E-state index in [0.717, 1.165) is 0 Å². The first-order chi connectivity index (χ1) is 12.0. The van der Waals surface area contributed by atoms with Crippen molar-refractivity contribution >= 4 is 11.6 Å². The molecule has 128 valence electrons. The number of rotatable bonds is 5. The van der Waals surface area contributed by atoms with Gasteiger partial charge in [0.15, 0.2) is 0 Å². The first-order valence-corrected chi connectivity index (χ1v) is 7.48. The zero-order valence-electron chi connectivity index (χ0n) is 13.3. The summed E-state index contributed by atoms with van der Waals surface area (Å²) in [6.07, 6.45) is 0. The van der Waals surface area contributed by atoms with Crippen LogP contribution >= 0.6 is 0 Å². The van der Waals surface area contributed by atoms with Crippen LogP contribution < -0.4 is 10.1 Å². The first-order valence-electron chi connectivity index (χ1n) is 7.48. The van der Waals surface area contributed by atoms with Crippen LogP contribution in [0.2, 0.25) is 0 Å². The van der Waals surface area contributed by atoms with Crippen LogP contribution in [0.25, 0.3) is 11.3 Å². The number of hydrogen-bond donors (Lipinski definition) is 1. The van der Waals surface area contributed by atoms with Gasteiger partial charge >= 0.3 is 6.61 Å². The van der Waals surface area contributed by atoms with E-state index in [2.05, 4.69) is 15.2 Å². The number of aromatic nitrogens is 2. The van der Waals surface area contributed by atoms with Gasteiger partial charge in [-0.15, -0.1) is 0 Å². The molecule has 0 fully saturated rings. The van der Waals surface area contributed by atoms with Crippen molar-refractivity contribution in [1.82, 2.24) is 9.78 Å². The fraction of sp³-hybridized carbons (Fsp3) is 0.111. The van der Waals surface area contributed by atoms with Crippen molar-refractivity contribution in [2.24, 2.45) is 7.05 Å². The normalized spacial score (nSPS) is 10.7. The number of hydrogen-bond acceptors (Lipinski definition) is 3. The maximum atomic E-state index is 12.4. The van der Waals surface area contributed by atoms with Crippen molar-refractivity contribution in [1.29, 1.82) is 0 Å². The largest absolute Gasteiger partial charge is 0.435 e. The molecule has 0 aliphatic carbocycles. The van der Waals surface area contributed by atoms with Gasteiger partial charge < -0.3 is 10.1 Å². The van der Waals surface area contributed by atoms with Gasteiger partial charge in [0.1, 0.15) is 11.4 Å². The molecule has 0 bridgehead atoms. The topological polar surface area (TPSA) is 56.2 Å². The van der Waals surface area contributed by atoms with E-state index in [1.807, 2.05) is 18.2 Å². The fourth-order valence-corrected chi connectivity index (χ4v) is 2.37. The minimum Gasteiger partial charge on any atom is -0.435 e. The summed E-state index contributed by atoms with van der Waals surface area (Å²) >= 11 is 0. The van der Waals surface area contributed by atoms with Crippen LogP contribution in [0.5, 0.6) is 5.75 Å². The number of alkyl halides is 2. The number of benzene rings is 2. The van der Waals surface area contributed by atoms with Crippen LogP contribution in [0.1, 0.15) is 10.5 Å². The predicted octanol–water partition coefficient (Wildman–Crippen LogP) is 3.94. The van der Waals surface area contributed by atoms with Crippen LogP contribution in [0, 0.1) is 0 Å². The molecule has 2 aromatic carbocycles. The van der Waals surface area contributed by atoms with Gasteiger partial charge in [-0.25, -0.2) is 0 Å². The Morgan fingerprint density at radius 1 is 1.12 bits per heavy atom. The zero-order chi connectivity index (χ0) is 17.8. The van der Waals surface area contributed by atoms with Crippen molar-refractivity contribution in [3.63, 3.8) is 0 Å². The molecule has 0 unspecified atom stereocenters. The van der Waals surface area contributed by atoms with Crippen LogP contribution in [0.15, 0.2) is 60.7 Å². The van der Waals surface area contributed by atoms with Crippen molar-refractivity contribution in [3.8, 4) is 17.0 Å². The number of nitrogens with one attached hydrogen (secondary N) is 1. The Balaban J connectivity index is 1.84. The molecule has 0 aliphatic rings. The van der Waals surface area contributed by atoms with E-state index in [-0.39, 0.29) is 11.7 Å². The van der Waals surface area contributed by atoms with E-state index in [4.69, 9.17) is 0 Å². The van der Waals surface area contributed by atoms with Crippen LogP contribution in [0.4, 0.5) is 14.5 Å². The molecule has 5 nitrogen and oxygen atoms in total. The van der Waals surface area contributed by atoms with Gasteiger partial charge in [0.05, 0.1) is 5.69 Å². The molecule has 1 aromatic heterocycles. The van der Waals surface area contributed by atoms with Crippen molar-refractivity contribution in [2.75, 3.05) is 5.32 Å². The van der Waals surface area contributed by atoms with E-state index >= 15 is 0 Å². The summed E-state index contributed by atoms with van der Waals surface area (Å²) in [5, 5.41) is 7.05. The van der Waals surface area contributed by atoms with Gasteiger partial charge in [-0.2, -0.15) is 13.9 Å². The van der Waals surface area contributed by atoms with Crippen LogP contribution in [-0.4, -0.2) is 22.3 Å². The second-order valence-corrected chi connectivity index (χ2v) is 5.26. The summed E-state index contributed by atoms with van der Waals surface area (Å²) in [4.78, 5) is 12.4. The van der Waals surface area contributed by atoms with Gasteiger partial charge in [0, 0.05) is 18.3 Å². The number of nitrogens with zero attached hydrogens (tertiary/aromatic N) is 2. The molecule has 0 radical (unpaired) electrons. The third kappa shape index (κ3) is 4.00. The second-order valence-electron chi connectivity index (χ2n) is 5.26. The molecule has 3 aromatic rings. The smallest absolute Gasteiger partial charge is 0.387 e. The average molecular weight is 343 g/mol. The molecule has 0 saturated carbocycles. The molecule has 25 heavy (non-hydrogen) atoms. The number of carbonyl (C=O) groups is 1. The Labute approximate surface area is 142 Å². The first kappa shape index (κ1) is 16.6. The van der Waals surface area contributed by atoms with Crippen molar-refractivity contribution in [2.45, 2.75) is 6.61 Å². The van der Waals surface area contributed by atoms with Crippen LogP contribution in [-0.2, 0) is 7.05 Å². The summed E-state index contributed by atoms with van der Waals surface area (Å²) in [6.45, 7) is -2.90. The Morgan fingerprint density at radius 3 is 2.60 bits per heavy atom. The Morgan fingerprint density at radius 2 is 1.88 bits per heavy atom. The summed E-state index contributed by atoms with van der Waals surface area (Å²) in [7, 11) is 1.64. The maximum absolute atomic E-state index is 12.4. The highest BCUT2D eigenvalue weighted by atomic mass is 19.3. The van der Waals surface area contributed by atoms with E-state index in [9.17, 15) is 13.6 Å². The summed E-state index contributed by atoms with van der Waals surface area (Å²) < 4.78 is 30.5. The molecule has 1 heterocycles. The molecule has 1 N–H and O–H groups in total. The number of amides is 1. The molecule has 1 amide bonds. The monoisotopic (exact) mass is 343 g/mol. The number of ether oxygens (including phenoxy) is 1. The lowest BCUT2D eigenvalue weighted by Crippen LogP contribution is -2.15. The highest BCUT2D eigenvalue weighted by molar-refractivity contribution is 6.03. The van der Waals surface area contributed by atoms with Crippen LogP contribution in [0.3, 0.4) is 0 Å². The summed E-state index contributed by atoms with van der Waals surface area (Å²) in [5.74, 6) is -0.277. The molecule has 0 aliphatic heterocycles. The Bertz CT molecular complexity index is 879. The number of anilines is 1. The van der Waals surface area contributed by atoms with E-state index < -0.39 is 6.61 Å². The zero-order valence-corrected chi connectivity index (χ0v) is 13.3. The fourth-order valence-electron chi connectivity index (χ4n) is 2.37. The highest BCUT2D eigenvalue weighted by Crippen LogP contribution is 2.24. The summed E-state index contributed by atoms with van der Waals surface area (Å²) in [5.41, 5.74) is 2.08. The van der Waals surface area contributed by atoms with Gasteiger partial charge in [0.25, 0.3) is 5.91 Å². The second kappa shape index (κ2) is 7.12. The van der Waals surface area contributed by atoms with Crippen molar-refractivity contribution < 1.29 is 18.3 Å². The SMILES string of the molecule is Cn1nc(-c2cccc(OC(F)F)c2)cc1C(=O)Nc1ccccc1. The molecular formula is C18H15F2N3O2. The molecule has 0 atom stereocenters. The molecular weight excluding hydrogens is 328 g/mol. The van der Waals surface area contributed by atoms with Crippen molar-refractivity contribution in [3.05, 3.63) is 66.4 Å². The van der Waals surface area contributed by atoms with Gasteiger partial charge in [-0.1, -0.05) is 30.3 Å². The minimum atomic E-state index is -2.90. The lowest BCUT2D eigenvalue weighted by molar-refractivity contribution is -0.0498. The average Bonchev–Trinajstić information content (AvgIpc) is 2.97. The molecule has 3 rings (SSSR count). The van der Waals surface area contributed by atoms with E-state index in [1.165, 1.54) is 16.8 Å². The van der Waals surface area contributed by atoms with E-state index in [1.54, 1.807) is 37.4 Å². The third-order valence-electron chi connectivity index (χ3n) is 3.50. The standard InChI is InChI=1S/C18H15F2N3O2/c1-23-16(17(24)21-13-7-3-2-4-8-13)11-15(22-23)12-6-5-9-14(10-12)25-18(19)20/h2-11,18H,1H3,(H,21,24). The summed E-state index contributed by atoms with van der Waals surface area (Å²) in [6, 6.07) is 16.8. The Kier molecular flexibility index (Phi) is 4.74. The quantitative estimate of drug-likeness (QED) is 0.763.